The normalized spacial score (nSPS) is 19.4. The summed E-state index contributed by atoms with van der Waals surface area (Å²) in [6.07, 6.45) is 1.23. The molecule has 0 bridgehead atoms. The van der Waals surface area contributed by atoms with Crippen molar-refractivity contribution in [1.29, 1.82) is 0 Å². The number of carbonyl (C=O) groups excluding carboxylic acids is 1. The summed E-state index contributed by atoms with van der Waals surface area (Å²) in [6, 6.07) is 6.33. The molecule has 0 saturated heterocycles. The molecule has 2 rings (SSSR count). The Hall–Kier alpha value is -1.80. The topological polar surface area (TPSA) is 90.9 Å². The molecule has 0 spiro atoms. The number of hydrogen-bond acceptors (Lipinski definition) is 6. The van der Waals surface area contributed by atoms with Crippen molar-refractivity contribution in [1.82, 2.24) is 4.72 Å². The summed E-state index contributed by atoms with van der Waals surface area (Å²) in [5, 5.41) is 0. The molecule has 0 fully saturated rings. The number of fused-ring (bicyclic) bond motifs is 1. The van der Waals surface area contributed by atoms with E-state index in [4.69, 9.17) is 14.2 Å². The van der Waals surface area contributed by atoms with E-state index in [9.17, 15) is 13.2 Å². The van der Waals surface area contributed by atoms with E-state index in [-0.39, 0.29) is 19.1 Å². The van der Waals surface area contributed by atoms with E-state index in [0.29, 0.717) is 17.9 Å². The number of rotatable bonds is 7. The summed E-state index contributed by atoms with van der Waals surface area (Å²) in [5.74, 6) is 0.447. The Labute approximate surface area is 142 Å². The summed E-state index contributed by atoms with van der Waals surface area (Å²) in [6.45, 7) is 3.92. The second-order valence-electron chi connectivity index (χ2n) is 5.88. The molecule has 1 aliphatic heterocycles. The molecule has 1 aromatic carbocycles. The van der Waals surface area contributed by atoms with Gasteiger partial charge in [0.05, 0.1) is 6.26 Å². The van der Waals surface area contributed by atoms with Gasteiger partial charge in [0.2, 0.25) is 10.0 Å². The Morgan fingerprint density at radius 3 is 2.67 bits per heavy atom. The molecule has 0 amide bonds. The van der Waals surface area contributed by atoms with E-state index in [2.05, 4.69) is 4.72 Å². The average Bonchev–Trinajstić information content (AvgIpc) is 2.56. The molecular weight excluding hydrogens is 334 g/mol. The predicted molar refractivity (Wildman–Crippen MR) is 88.5 cm³/mol. The number of nitrogens with one attached hydrogen (secondary N) is 1. The first kappa shape index (κ1) is 18.5. The average molecular weight is 357 g/mol. The highest BCUT2D eigenvalue weighted by atomic mass is 32.2. The van der Waals surface area contributed by atoms with Crippen LogP contribution >= 0.6 is 0 Å². The zero-order chi connectivity index (χ0) is 17.7. The van der Waals surface area contributed by atoms with Crippen molar-refractivity contribution in [3.8, 4) is 11.5 Å². The molecule has 1 heterocycles. The molecule has 1 aliphatic rings. The minimum absolute atomic E-state index is 0.00839. The lowest BCUT2D eigenvalue weighted by Crippen LogP contribution is -2.46. The van der Waals surface area contributed by atoms with Gasteiger partial charge in [0, 0.05) is 0 Å². The second-order valence-corrected chi connectivity index (χ2v) is 7.66. The molecule has 7 nitrogen and oxygen atoms in total. The van der Waals surface area contributed by atoms with Gasteiger partial charge in [-0.2, -0.15) is 0 Å². The molecule has 1 aromatic rings. The van der Waals surface area contributed by atoms with Crippen molar-refractivity contribution < 1.29 is 27.4 Å². The summed E-state index contributed by atoms with van der Waals surface area (Å²) < 4.78 is 41.7. The van der Waals surface area contributed by atoms with Crippen LogP contribution in [-0.4, -0.2) is 46.0 Å². The molecule has 0 aliphatic carbocycles. The molecule has 3 atom stereocenters. The van der Waals surface area contributed by atoms with Crippen LogP contribution in [0.3, 0.4) is 0 Å². The Morgan fingerprint density at radius 2 is 2.04 bits per heavy atom. The molecule has 0 saturated carbocycles. The second kappa shape index (κ2) is 7.85. The van der Waals surface area contributed by atoms with Crippen LogP contribution in [0.1, 0.15) is 20.3 Å². The molecule has 0 radical (unpaired) electrons. The van der Waals surface area contributed by atoms with Crippen LogP contribution in [0, 0.1) is 5.92 Å². The monoisotopic (exact) mass is 357 g/mol. The lowest BCUT2D eigenvalue weighted by Gasteiger charge is -2.27. The minimum Gasteiger partial charge on any atom is -0.486 e. The molecule has 8 heteroatoms. The van der Waals surface area contributed by atoms with E-state index in [0.717, 1.165) is 6.26 Å². The number of benzene rings is 1. The highest BCUT2D eigenvalue weighted by Crippen LogP contribution is 2.30. The van der Waals surface area contributed by atoms with Gasteiger partial charge >= 0.3 is 5.97 Å². The molecule has 24 heavy (non-hydrogen) atoms. The van der Waals surface area contributed by atoms with Crippen LogP contribution in [0.25, 0.3) is 0 Å². The van der Waals surface area contributed by atoms with Gasteiger partial charge in [-0.1, -0.05) is 32.4 Å². The van der Waals surface area contributed by atoms with Gasteiger partial charge in [0.1, 0.15) is 19.3 Å². The minimum atomic E-state index is -3.51. The van der Waals surface area contributed by atoms with Crippen molar-refractivity contribution >= 4 is 16.0 Å². The molecule has 3 unspecified atom stereocenters. The standard InChI is InChI=1S/C16H23NO6S/c1-4-11(2)15(17-24(3,19)20)16(18)22-10-12-9-21-13-7-5-6-8-14(13)23-12/h5-8,11-12,15,17H,4,9-10H2,1-3H3. The summed E-state index contributed by atoms with van der Waals surface area (Å²) >= 11 is 0. The summed E-state index contributed by atoms with van der Waals surface area (Å²) in [7, 11) is -3.51. The number of ether oxygens (including phenoxy) is 3. The third kappa shape index (κ3) is 5.10. The largest absolute Gasteiger partial charge is 0.486 e. The SMILES string of the molecule is CCC(C)C(NS(C)(=O)=O)C(=O)OCC1COc2ccccc2O1. The maximum atomic E-state index is 12.3. The van der Waals surface area contributed by atoms with Gasteiger partial charge in [-0.15, -0.1) is 0 Å². The summed E-state index contributed by atoms with van der Waals surface area (Å²) in [5.41, 5.74) is 0. The smallest absolute Gasteiger partial charge is 0.324 e. The number of sulfonamides is 1. The van der Waals surface area contributed by atoms with Crippen molar-refractivity contribution in [2.75, 3.05) is 19.5 Å². The highest BCUT2D eigenvalue weighted by molar-refractivity contribution is 7.88. The van der Waals surface area contributed by atoms with Crippen LogP contribution in [0.2, 0.25) is 0 Å². The zero-order valence-corrected chi connectivity index (χ0v) is 14.8. The Bertz CT molecular complexity index is 675. The van der Waals surface area contributed by atoms with Gasteiger partial charge in [-0.05, 0) is 18.1 Å². The number of hydrogen-bond donors (Lipinski definition) is 1. The highest BCUT2D eigenvalue weighted by Gasteiger charge is 2.30. The van der Waals surface area contributed by atoms with Crippen molar-refractivity contribution in [3.63, 3.8) is 0 Å². The van der Waals surface area contributed by atoms with Gasteiger partial charge in [-0.25, -0.2) is 13.1 Å². The van der Waals surface area contributed by atoms with E-state index < -0.39 is 28.1 Å². The zero-order valence-electron chi connectivity index (χ0n) is 14.0. The fraction of sp³-hybridized carbons (Fsp3) is 0.562. The van der Waals surface area contributed by atoms with Crippen LogP contribution in [0.4, 0.5) is 0 Å². The van der Waals surface area contributed by atoms with Crippen LogP contribution in [0.15, 0.2) is 24.3 Å². The van der Waals surface area contributed by atoms with E-state index in [1.165, 1.54) is 0 Å². The van der Waals surface area contributed by atoms with Gasteiger partial charge in [-0.3, -0.25) is 4.79 Å². The molecule has 0 aromatic heterocycles. The van der Waals surface area contributed by atoms with Crippen molar-refractivity contribution in [2.24, 2.45) is 5.92 Å². The maximum absolute atomic E-state index is 12.3. The third-order valence-electron chi connectivity index (χ3n) is 3.79. The van der Waals surface area contributed by atoms with Gasteiger partial charge in [0.15, 0.2) is 17.6 Å². The first-order valence-corrected chi connectivity index (χ1v) is 9.71. The van der Waals surface area contributed by atoms with Crippen molar-refractivity contribution in [3.05, 3.63) is 24.3 Å². The lowest BCUT2D eigenvalue weighted by molar-refractivity contribution is -0.150. The molecular formula is C16H23NO6S. The molecule has 134 valence electrons. The fourth-order valence-corrected chi connectivity index (χ4v) is 3.06. The lowest BCUT2D eigenvalue weighted by atomic mass is 10.0. The van der Waals surface area contributed by atoms with Gasteiger partial charge in [0.25, 0.3) is 0 Å². The Balaban J connectivity index is 1.93. The number of esters is 1. The first-order valence-electron chi connectivity index (χ1n) is 7.82. The number of carbonyl (C=O) groups is 1. The van der Waals surface area contributed by atoms with E-state index >= 15 is 0 Å². The Morgan fingerprint density at radius 1 is 1.38 bits per heavy atom. The maximum Gasteiger partial charge on any atom is 0.324 e. The quantitative estimate of drug-likeness (QED) is 0.741. The third-order valence-corrected chi connectivity index (χ3v) is 4.47. The van der Waals surface area contributed by atoms with Crippen molar-refractivity contribution in [2.45, 2.75) is 32.4 Å². The van der Waals surface area contributed by atoms with Crippen LogP contribution < -0.4 is 14.2 Å². The predicted octanol–water partition coefficient (Wildman–Crippen LogP) is 1.33. The summed E-state index contributed by atoms with van der Waals surface area (Å²) in [4.78, 5) is 12.3. The van der Waals surface area contributed by atoms with E-state index in [1.54, 1.807) is 19.1 Å². The van der Waals surface area contributed by atoms with Gasteiger partial charge < -0.3 is 14.2 Å². The first-order chi connectivity index (χ1) is 11.3. The Kier molecular flexibility index (Phi) is 6.06. The van der Waals surface area contributed by atoms with Crippen LogP contribution in [0.5, 0.6) is 11.5 Å². The fourth-order valence-electron chi connectivity index (χ4n) is 2.27. The van der Waals surface area contributed by atoms with E-state index in [1.807, 2.05) is 19.1 Å². The van der Waals surface area contributed by atoms with Crippen LogP contribution in [-0.2, 0) is 19.6 Å². The molecule has 1 N–H and O–H groups in total. The number of para-hydroxylation sites is 2.